The van der Waals surface area contributed by atoms with Crippen LogP contribution in [-0.2, 0) is 0 Å². The third kappa shape index (κ3) is 6.76. The molecule has 0 fully saturated rings. The van der Waals surface area contributed by atoms with Crippen molar-refractivity contribution in [1.29, 1.82) is 0 Å². The van der Waals surface area contributed by atoms with Gasteiger partial charge in [0.15, 0.2) is 5.58 Å². The van der Waals surface area contributed by atoms with Crippen LogP contribution >= 0.6 is 0 Å². The molecule has 0 unspecified atom stereocenters. The predicted octanol–water partition coefficient (Wildman–Crippen LogP) is 16.1. The van der Waals surface area contributed by atoms with E-state index in [4.69, 9.17) is 9.40 Å². The third-order valence-corrected chi connectivity index (χ3v) is 11.5. The Morgan fingerprint density at radius 3 is 1.25 bits per heavy atom. The lowest BCUT2D eigenvalue weighted by Gasteiger charge is -2.26. The second-order valence-corrected chi connectivity index (χ2v) is 15.2. The minimum Gasteiger partial charge on any atom is -0.435 e. The van der Waals surface area contributed by atoms with Crippen molar-refractivity contribution in [3.05, 3.63) is 237 Å². The number of aromatic nitrogens is 1. The first kappa shape index (κ1) is 35.9. The van der Waals surface area contributed by atoms with E-state index in [2.05, 4.69) is 240 Å². The van der Waals surface area contributed by atoms with E-state index in [1.807, 2.05) is 6.07 Å². The van der Waals surface area contributed by atoms with Crippen LogP contribution < -0.4 is 9.80 Å². The first-order chi connectivity index (χ1) is 30.2. The monoisotopic (exact) mass is 781 g/mol. The number of oxazole rings is 1. The summed E-state index contributed by atoms with van der Waals surface area (Å²) in [4.78, 5) is 9.88. The van der Waals surface area contributed by atoms with Crippen LogP contribution in [0.1, 0.15) is 0 Å². The van der Waals surface area contributed by atoms with E-state index in [9.17, 15) is 0 Å². The highest BCUT2D eigenvalue weighted by atomic mass is 16.3. The molecular formula is C57H39N3O. The SMILES string of the molecule is c1ccc(-c2ccc(N(c3ccccc3)c3cccc(-c4nc5c6ccc(N(c7ccccc7)c7ccc(-c8ccccc8)cc7)cc6c6ccccc6c5o4)c3)cc2)cc1. The maximum absolute atomic E-state index is 6.81. The standard InChI is InChI=1S/C57H39N3O/c1-5-16-40(17-6-1)42-28-32-47(33-29-42)59(45-21-9-3-10-22-45)49-25-15-20-44(38-49)57-58-55-52-37-36-50(39-54(52)51-26-13-14-27-53(51)56(55)61-57)60(46-23-11-4-12-24-46)48-34-30-43(31-35-48)41-18-7-2-8-19-41/h1-39H. The van der Waals surface area contributed by atoms with E-state index >= 15 is 0 Å². The van der Waals surface area contributed by atoms with Gasteiger partial charge in [-0.3, -0.25) is 0 Å². The minimum absolute atomic E-state index is 0.579. The van der Waals surface area contributed by atoms with Crippen LogP contribution in [0.5, 0.6) is 0 Å². The average Bonchev–Trinajstić information content (AvgIpc) is 3.80. The topological polar surface area (TPSA) is 32.5 Å². The molecular weight excluding hydrogens is 743 g/mol. The number of para-hydroxylation sites is 2. The highest BCUT2D eigenvalue weighted by molar-refractivity contribution is 6.23. The van der Waals surface area contributed by atoms with Crippen molar-refractivity contribution < 1.29 is 4.42 Å². The number of benzene rings is 10. The molecule has 0 aliphatic heterocycles. The van der Waals surface area contributed by atoms with Gasteiger partial charge >= 0.3 is 0 Å². The summed E-state index contributed by atoms with van der Waals surface area (Å²) in [5.74, 6) is 0.579. The zero-order valence-electron chi connectivity index (χ0n) is 33.3. The Labute approximate surface area is 354 Å². The molecule has 288 valence electrons. The van der Waals surface area contributed by atoms with Crippen LogP contribution in [0.3, 0.4) is 0 Å². The molecule has 0 radical (unpaired) electrons. The molecule has 4 heteroatoms. The van der Waals surface area contributed by atoms with Gasteiger partial charge in [-0.05, 0) is 118 Å². The summed E-state index contributed by atoms with van der Waals surface area (Å²) in [5.41, 5.74) is 13.6. The lowest BCUT2D eigenvalue weighted by Crippen LogP contribution is -2.09. The van der Waals surface area contributed by atoms with E-state index in [0.717, 1.165) is 72.3 Å². The number of hydrogen-bond acceptors (Lipinski definition) is 4. The predicted molar refractivity (Wildman–Crippen MR) is 255 cm³/mol. The molecule has 0 amide bonds. The van der Waals surface area contributed by atoms with Crippen molar-refractivity contribution in [2.75, 3.05) is 9.80 Å². The van der Waals surface area contributed by atoms with Gasteiger partial charge in [-0.2, -0.15) is 0 Å². The summed E-state index contributed by atoms with van der Waals surface area (Å²) in [7, 11) is 0. The van der Waals surface area contributed by atoms with Crippen LogP contribution in [0.25, 0.3) is 66.4 Å². The van der Waals surface area contributed by atoms with Crippen molar-refractivity contribution in [2.24, 2.45) is 0 Å². The van der Waals surface area contributed by atoms with E-state index < -0.39 is 0 Å². The minimum atomic E-state index is 0.579. The zero-order valence-corrected chi connectivity index (χ0v) is 33.3. The molecule has 1 heterocycles. The van der Waals surface area contributed by atoms with Gasteiger partial charge in [0.25, 0.3) is 0 Å². The second-order valence-electron chi connectivity index (χ2n) is 15.2. The van der Waals surface area contributed by atoms with Gasteiger partial charge in [-0.25, -0.2) is 4.98 Å². The lowest BCUT2D eigenvalue weighted by molar-refractivity contribution is 0.623. The van der Waals surface area contributed by atoms with Gasteiger partial charge in [-0.15, -0.1) is 0 Å². The highest BCUT2D eigenvalue weighted by Gasteiger charge is 2.20. The fourth-order valence-corrected chi connectivity index (χ4v) is 8.52. The Balaban J connectivity index is 1.01. The lowest BCUT2D eigenvalue weighted by atomic mass is 9.99. The maximum atomic E-state index is 6.81. The third-order valence-electron chi connectivity index (χ3n) is 11.5. The molecule has 10 aromatic carbocycles. The summed E-state index contributed by atoms with van der Waals surface area (Å²) in [6.07, 6.45) is 0. The molecule has 0 aliphatic rings. The van der Waals surface area contributed by atoms with E-state index in [-0.39, 0.29) is 0 Å². The largest absolute Gasteiger partial charge is 0.435 e. The van der Waals surface area contributed by atoms with Crippen LogP contribution in [-0.4, -0.2) is 4.98 Å². The van der Waals surface area contributed by atoms with E-state index in [1.54, 1.807) is 0 Å². The molecule has 1 aromatic heterocycles. The van der Waals surface area contributed by atoms with Crippen molar-refractivity contribution in [3.63, 3.8) is 0 Å². The van der Waals surface area contributed by atoms with E-state index in [1.165, 1.54) is 22.3 Å². The number of fused-ring (bicyclic) bond motifs is 6. The molecule has 0 N–H and O–H groups in total. The summed E-state index contributed by atoms with van der Waals surface area (Å²) >= 11 is 0. The van der Waals surface area contributed by atoms with E-state index in [0.29, 0.717) is 5.89 Å². The summed E-state index contributed by atoms with van der Waals surface area (Å²) in [6.45, 7) is 0. The first-order valence-corrected chi connectivity index (χ1v) is 20.6. The molecule has 0 bridgehead atoms. The normalized spacial score (nSPS) is 11.3. The molecule has 61 heavy (non-hydrogen) atoms. The van der Waals surface area contributed by atoms with Gasteiger partial charge in [-0.1, -0.05) is 152 Å². The Morgan fingerprint density at radius 2 is 0.689 bits per heavy atom. The average molecular weight is 782 g/mol. The highest BCUT2D eigenvalue weighted by Crippen LogP contribution is 2.43. The first-order valence-electron chi connectivity index (χ1n) is 20.6. The second kappa shape index (κ2) is 15.5. The molecule has 0 atom stereocenters. The summed E-state index contributed by atoms with van der Waals surface area (Å²) < 4.78 is 6.81. The summed E-state index contributed by atoms with van der Waals surface area (Å²) in [5, 5.41) is 4.30. The Hall–Kier alpha value is -8.21. The fraction of sp³-hybridized carbons (Fsp3) is 0. The van der Waals surface area contributed by atoms with Gasteiger partial charge in [0.05, 0.1) is 0 Å². The van der Waals surface area contributed by atoms with Crippen LogP contribution in [0, 0.1) is 0 Å². The number of hydrogen-bond donors (Lipinski definition) is 0. The van der Waals surface area contributed by atoms with Crippen LogP contribution in [0.15, 0.2) is 241 Å². The molecule has 0 aliphatic carbocycles. The summed E-state index contributed by atoms with van der Waals surface area (Å²) in [6, 6.07) is 83.3. The molecule has 0 saturated carbocycles. The van der Waals surface area contributed by atoms with Crippen molar-refractivity contribution >= 4 is 66.8 Å². The number of rotatable bonds is 9. The van der Waals surface area contributed by atoms with Gasteiger partial charge in [0.2, 0.25) is 5.89 Å². The quantitative estimate of drug-likeness (QED) is 0.137. The van der Waals surface area contributed by atoms with Crippen LogP contribution in [0.2, 0.25) is 0 Å². The molecule has 4 nitrogen and oxygen atoms in total. The number of anilines is 6. The smallest absolute Gasteiger partial charge is 0.227 e. The van der Waals surface area contributed by atoms with Gasteiger partial charge in [0.1, 0.15) is 5.52 Å². The maximum Gasteiger partial charge on any atom is 0.227 e. The fourth-order valence-electron chi connectivity index (χ4n) is 8.52. The van der Waals surface area contributed by atoms with Crippen molar-refractivity contribution in [1.82, 2.24) is 4.98 Å². The zero-order chi connectivity index (χ0) is 40.5. The van der Waals surface area contributed by atoms with Crippen LogP contribution in [0.4, 0.5) is 34.1 Å². The Kier molecular flexibility index (Phi) is 9.14. The van der Waals surface area contributed by atoms with Crippen molar-refractivity contribution in [3.8, 4) is 33.7 Å². The Bertz CT molecular complexity index is 3270. The molecule has 11 rings (SSSR count). The molecule has 0 saturated heterocycles. The van der Waals surface area contributed by atoms with Gasteiger partial charge in [0, 0.05) is 50.5 Å². The number of nitrogens with zero attached hydrogens (tertiary/aromatic N) is 3. The Morgan fingerprint density at radius 1 is 0.279 bits per heavy atom. The molecule has 0 spiro atoms. The van der Waals surface area contributed by atoms with Gasteiger partial charge < -0.3 is 14.2 Å². The molecule has 11 aromatic rings. The van der Waals surface area contributed by atoms with Crippen molar-refractivity contribution in [2.45, 2.75) is 0 Å².